The molecule has 2 heteroatoms. The molecule has 0 bridgehead atoms. The lowest BCUT2D eigenvalue weighted by molar-refractivity contribution is -0.149. The van der Waals surface area contributed by atoms with Crippen molar-refractivity contribution in [2.24, 2.45) is 5.92 Å². The summed E-state index contributed by atoms with van der Waals surface area (Å²) < 4.78 is 5.32. The second-order valence-corrected chi connectivity index (χ2v) is 3.35. The average molecular weight is 156 g/mol. The Balaban J connectivity index is 2.75. The van der Waals surface area contributed by atoms with Gasteiger partial charge in [-0.3, -0.25) is 4.79 Å². The van der Waals surface area contributed by atoms with Crippen LogP contribution in [0.3, 0.4) is 0 Å². The van der Waals surface area contributed by atoms with E-state index in [4.69, 9.17) is 4.74 Å². The molecule has 1 aliphatic rings. The summed E-state index contributed by atoms with van der Waals surface area (Å²) in [4.78, 5) is 11.0. The highest BCUT2D eigenvalue weighted by molar-refractivity contribution is 5.72. The molecule has 1 unspecified atom stereocenters. The molecule has 1 saturated heterocycles. The van der Waals surface area contributed by atoms with Crippen LogP contribution in [-0.2, 0) is 9.53 Å². The molecule has 0 aromatic rings. The molecule has 0 spiro atoms. The molecule has 0 saturated carbocycles. The maximum Gasteiger partial charge on any atom is 0.306 e. The van der Waals surface area contributed by atoms with Crippen molar-refractivity contribution in [1.82, 2.24) is 0 Å². The van der Waals surface area contributed by atoms with E-state index in [9.17, 15) is 4.79 Å². The second kappa shape index (κ2) is 2.84. The molecular weight excluding hydrogens is 140 g/mol. The van der Waals surface area contributed by atoms with Gasteiger partial charge in [0.05, 0.1) is 6.42 Å². The fourth-order valence-electron chi connectivity index (χ4n) is 1.90. The van der Waals surface area contributed by atoms with Crippen LogP contribution in [0.2, 0.25) is 0 Å². The molecule has 2 nitrogen and oxygen atoms in total. The van der Waals surface area contributed by atoms with E-state index in [-0.39, 0.29) is 11.6 Å². The molecule has 11 heavy (non-hydrogen) atoms. The Kier molecular flexibility index (Phi) is 2.21. The molecule has 0 radical (unpaired) electrons. The standard InChI is InChI=1S/C9H16O2/c1-4-9(5-2)7(3)6-8(10)11-9/h7H,4-6H2,1-3H3. The molecule has 0 aliphatic carbocycles. The van der Waals surface area contributed by atoms with Gasteiger partial charge >= 0.3 is 5.97 Å². The van der Waals surface area contributed by atoms with Crippen LogP contribution in [0.15, 0.2) is 0 Å². The highest BCUT2D eigenvalue weighted by atomic mass is 16.6. The van der Waals surface area contributed by atoms with Crippen LogP contribution in [0.4, 0.5) is 0 Å². The van der Waals surface area contributed by atoms with Gasteiger partial charge in [0.1, 0.15) is 5.60 Å². The van der Waals surface area contributed by atoms with Crippen LogP contribution in [0, 0.1) is 5.92 Å². The van der Waals surface area contributed by atoms with Crippen molar-refractivity contribution in [3.8, 4) is 0 Å². The Morgan fingerprint density at radius 2 is 2.09 bits per heavy atom. The predicted octanol–water partition coefficient (Wildman–Crippen LogP) is 2.13. The maximum absolute atomic E-state index is 11.0. The highest BCUT2D eigenvalue weighted by Gasteiger charge is 2.43. The van der Waals surface area contributed by atoms with Gasteiger partial charge in [-0.15, -0.1) is 0 Å². The molecule has 64 valence electrons. The molecule has 1 heterocycles. The summed E-state index contributed by atoms with van der Waals surface area (Å²) in [5.41, 5.74) is -0.142. The number of hydrogen-bond acceptors (Lipinski definition) is 2. The third-order valence-corrected chi connectivity index (χ3v) is 2.88. The van der Waals surface area contributed by atoms with E-state index < -0.39 is 0 Å². The molecule has 0 amide bonds. The Morgan fingerprint density at radius 1 is 1.55 bits per heavy atom. The van der Waals surface area contributed by atoms with Gasteiger partial charge in [-0.1, -0.05) is 20.8 Å². The van der Waals surface area contributed by atoms with E-state index in [1.807, 2.05) is 0 Å². The Labute approximate surface area is 67.9 Å². The number of carbonyl (C=O) groups excluding carboxylic acids is 1. The van der Waals surface area contributed by atoms with Crippen LogP contribution in [0.1, 0.15) is 40.0 Å². The zero-order valence-electron chi connectivity index (χ0n) is 7.52. The number of cyclic esters (lactones) is 1. The molecule has 0 aromatic heterocycles. The van der Waals surface area contributed by atoms with Crippen molar-refractivity contribution in [1.29, 1.82) is 0 Å². The fraction of sp³-hybridized carbons (Fsp3) is 0.889. The van der Waals surface area contributed by atoms with E-state index in [0.717, 1.165) is 12.8 Å². The van der Waals surface area contributed by atoms with Crippen molar-refractivity contribution in [3.63, 3.8) is 0 Å². The quantitative estimate of drug-likeness (QED) is 0.572. The zero-order chi connectivity index (χ0) is 8.48. The summed E-state index contributed by atoms with van der Waals surface area (Å²) >= 11 is 0. The maximum atomic E-state index is 11.0. The van der Waals surface area contributed by atoms with Gasteiger partial charge in [-0.05, 0) is 12.8 Å². The molecular formula is C9H16O2. The van der Waals surface area contributed by atoms with Crippen molar-refractivity contribution in [3.05, 3.63) is 0 Å². The van der Waals surface area contributed by atoms with Gasteiger partial charge in [0.2, 0.25) is 0 Å². The molecule has 1 rings (SSSR count). The zero-order valence-corrected chi connectivity index (χ0v) is 7.52. The lowest BCUT2D eigenvalue weighted by atomic mass is 9.84. The van der Waals surface area contributed by atoms with Crippen molar-refractivity contribution >= 4 is 5.97 Å². The fourth-order valence-corrected chi connectivity index (χ4v) is 1.90. The van der Waals surface area contributed by atoms with Gasteiger partial charge in [0, 0.05) is 5.92 Å². The van der Waals surface area contributed by atoms with E-state index in [2.05, 4.69) is 20.8 Å². The van der Waals surface area contributed by atoms with E-state index in [0.29, 0.717) is 12.3 Å². The molecule has 1 aliphatic heterocycles. The van der Waals surface area contributed by atoms with Gasteiger partial charge in [-0.25, -0.2) is 0 Å². The Morgan fingerprint density at radius 3 is 2.27 bits per heavy atom. The Bertz CT molecular complexity index is 159. The van der Waals surface area contributed by atoms with Gasteiger partial charge in [0.25, 0.3) is 0 Å². The number of ether oxygens (including phenoxy) is 1. The summed E-state index contributed by atoms with van der Waals surface area (Å²) in [6.07, 6.45) is 2.48. The molecule has 1 fully saturated rings. The minimum atomic E-state index is -0.142. The lowest BCUT2D eigenvalue weighted by Crippen LogP contribution is -2.32. The number of hydrogen-bond donors (Lipinski definition) is 0. The first-order valence-corrected chi connectivity index (χ1v) is 4.36. The SMILES string of the molecule is CCC1(CC)OC(=O)CC1C. The van der Waals surface area contributed by atoms with Gasteiger partial charge in [0.15, 0.2) is 0 Å². The summed E-state index contributed by atoms with van der Waals surface area (Å²) in [5.74, 6) is 0.367. The van der Waals surface area contributed by atoms with Gasteiger partial charge < -0.3 is 4.74 Å². The minimum Gasteiger partial charge on any atom is -0.459 e. The average Bonchev–Trinajstić information content (AvgIpc) is 2.27. The first-order chi connectivity index (χ1) is 5.14. The molecule has 0 N–H and O–H groups in total. The van der Waals surface area contributed by atoms with E-state index in [1.54, 1.807) is 0 Å². The third kappa shape index (κ3) is 1.26. The monoisotopic (exact) mass is 156 g/mol. The summed E-state index contributed by atoms with van der Waals surface area (Å²) in [6.45, 7) is 6.26. The normalized spacial score (nSPS) is 28.6. The first-order valence-electron chi connectivity index (χ1n) is 4.36. The number of carbonyl (C=O) groups is 1. The number of esters is 1. The van der Waals surface area contributed by atoms with E-state index >= 15 is 0 Å². The van der Waals surface area contributed by atoms with Crippen LogP contribution < -0.4 is 0 Å². The minimum absolute atomic E-state index is 0.0267. The summed E-state index contributed by atoms with van der Waals surface area (Å²) in [6, 6.07) is 0. The predicted molar refractivity (Wildman–Crippen MR) is 43.2 cm³/mol. The Hall–Kier alpha value is -0.530. The van der Waals surface area contributed by atoms with E-state index in [1.165, 1.54) is 0 Å². The summed E-state index contributed by atoms with van der Waals surface area (Å²) in [5, 5.41) is 0. The molecule has 1 atom stereocenters. The number of rotatable bonds is 2. The largest absolute Gasteiger partial charge is 0.459 e. The smallest absolute Gasteiger partial charge is 0.306 e. The summed E-state index contributed by atoms with van der Waals surface area (Å²) in [7, 11) is 0. The van der Waals surface area contributed by atoms with Crippen molar-refractivity contribution < 1.29 is 9.53 Å². The second-order valence-electron chi connectivity index (χ2n) is 3.35. The lowest BCUT2D eigenvalue weighted by Gasteiger charge is -2.28. The van der Waals surface area contributed by atoms with Crippen molar-refractivity contribution in [2.75, 3.05) is 0 Å². The van der Waals surface area contributed by atoms with Crippen LogP contribution in [0.5, 0.6) is 0 Å². The highest BCUT2D eigenvalue weighted by Crippen LogP contribution is 2.37. The third-order valence-electron chi connectivity index (χ3n) is 2.88. The van der Waals surface area contributed by atoms with Crippen molar-refractivity contribution in [2.45, 2.75) is 45.6 Å². The topological polar surface area (TPSA) is 26.3 Å². The first kappa shape index (κ1) is 8.57. The van der Waals surface area contributed by atoms with Crippen LogP contribution in [0.25, 0.3) is 0 Å². The molecule has 0 aromatic carbocycles. The van der Waals surface area contributed by atoms with Crippen LogP contribution >= 0.6 is 0 Å². The van der Waals surface area contributed by atoms with Gasteiger partial charge in [-0.2, -0.15) is 0 Å². The van der Waals surface area contributed by atoms with Crippen LogP contribution in [-0.4, -0.2) is 11.6 Å².